The van der Waals surface area contributed by atoms with Gasteiger partial charge in [0.2, 0.25) is 0 Å². The van der Waals surface area contributed by atoms with Crippen LogP contribution >= 0.6 is 22.9 Å². The zero-order chi connectivity index (χ0) is 10.2. The molecule has 0 aliphatic rings. The van der Waals surface area contributed by atoms with Crippen molar-refractivity contribution in [1.29, 1.82) is 0 Å². The van der Waals surface area contributed by atoms with Gasteiger partial charge in [0, 0.05) is 18.5 Å². The summed E-state index contributed by atoms with van der Waals surface area (Å²) < 4.78 is 0. The van der Waals surface area contributed by atoms with Gasteiger partial charge in [0.15, 0.2) is 0 Å². The molecule has 1 unspecified atom stereocenters. The molecule has 1 aromatic heterocycles. The second-order valence-electron chi connectivity index (χ2n) is 3.27. The van der Waals surface area contributed by atoms with Crippen molar-refractivity contribution in [3.05, 3.63) is 34.5 Å². The molecule has 0 bridgehead atoms. The molecule has 0 fully saturated rings. The Kier molecular flexibility index (Phi) is 5.92. The minimum atomic E-state index is 0.518. The third kappa shape index (κ3) is 4.80. The summed E-state index contributed by atoms with van der Waals surface area (Å²) in [4.78, 5) is 0. The average molecular weight is 230 g/mol. The van der Waals surface area contributed by atoms with Crippen molar-refractivity contribution in [2.24, 2.45) is 0 Å². The van der Waals surface area contributed by atoms with Crippen LogP contribution in [0.5, 0.6) is 0 Å². The molecule has 0 aromatic carbocycles. The molecule has 78 valence electrons. The number of hydrogen-bond acceptors (Lipinski definition) is 2. The minimum Gasteiger partial charge on any atom is -0.310 e. The van der Waals surface area contributed by atoms with Crippen molar-refractivity contribution >= 4 is 22.9 Å². The van der Waals surface area contributed by atoms with Crippen molar-refractivity contribution in [1.82, 2.24) is 5.32 Å². The standard InChI is InChI=1S/C11H16ClNS/c1-10(13-6-3-2-5-12)8-11-4-7-14-9-11/h2-4,7,9-10,13H,5-6,8H2,1H3/b3-2+. The van der Waals surface area contributed by atoms with Crippen LogP contribution in [0.15, 0.2) is 29.0 Å². The van der Waals surface area contributed by atoms with Crippen LogP contribution < -0.4 is 5.32 Å². The number of allylic oxidation sites excluding steroid dienone is 1. The quantitative estimate of drug-likeness (QED) is 0.584. The first kappa shape index (κ1) is 11.8. The maximum absolute atomic E-state index is 5.52. The summed E-state index contributed by atoms with van der Waals surface area (Å²) in [5, 5.41) is 7.74. The number of thiophene rings is 1. The normalized spacial score (nSPS) is 13.6. The molecule has 0 aliphatic heterocycles. The lowest BCUT2D eigenvalue weighted by atomic mass is 10.1. The van der Waals surface area contributed by atoms with E-state index < -0.39 is 0 Å². The van der Waals surface area contributed by atoms with Crippen LogP contribution in [0.3, 0.4) is 0 Å². The Balaban J connectivity index is 2.16. The second-order valence-corrected chi connectivity index (χ2v) is 4.36. The van der Waals surface area contributed by atoms with E-state index in [1.165, 1.54) is 5.56 Å². The Bertz CT molecular complexity index is 256. The van der Waals surface area contributed by atoms with Gasteiger partial charge >= 0.3 is 0 Å². The maximum Gasteiger partial charge on any atom is 0.0404 e. The van der Waals surface area contributed by atoms with E-state index in [1.54, 1.807) is 11.3 Å². The second kappa shape index (κ2) is 7.04. The summed E-state index contributed by atoms with van der Waals surface area (Å²) in [6, 6.07) is 2.70. The molecule has 1 nitrogen and oxygen atoms in total. The van der Waals surface area contributed by atoms with E-state index in [0.29, 0.717) is 11.9 Å². The maximum atomic E-state index is 5.52. The lowest BCUT2D eigenvalue weighted by molar-refractivity contribution is 0.581. The molecule has 1 atom stereocenters. The van der Waals surface area contributed by atoms with E-state index in [4.69, 9.17) is 11.6 Å². The zero-order valence-electron chi connectivity index (χ0n) is 8.37. The summed E-state index contributed by atoms with van der Waals surface area (Å²) in [5.41, 5.74) is 1.41. The molecular weight excluding hydrogens is 214 g/mol. The topological polar surface area (TPSA) is 12.0 Å². The van der Waals surface area contributed by atoms with E-state index in [9.17, 15) is 0 Å². The molecule has 1 N–H and O–H groups in total. The average Bonchev–Trinajstić information content (AvgIpc) is 2.65. The molecule has 1 heterocycles. The van der Waals surface area contributed by atoms with Crippen LogP contribution in [0.2, 0.25) is 0 Å². The molecule has 14 heavy (non-hydrogen) atoms. The fraction of sp³-hybridized carbons (Fsp3) is 0.455. The SMILES string of the molecule is CC(Cc1ccsc1)NC/C=C/CCl. The van der Waals surface area contributed by atoms with E-state index in [-0.39, 0.29) is 0 Å². The highest BCUT2D eigenvalue weighted by Crippen LogP contribution is 2.08. The number of nitrogens with one attached hydrogen (secondary N) is 1. The van der Waals surface area contributed by atoms with E-state index in [2.05, 4.69) is 35.1 Å². The first-order chi connectivity index (χ1) is 6.83. The Morgan fingerprint density at radius 1 is 1.57 bits per heavy atom. The predicted molar refractivity (Wildman–Crippen MR) is 65.3 cm³/mol. The number of hydrogen-bond donors (Lipinski definition) is 1. The van der Waals surface area contributed by atoms with Crippen LogP contribution in [0, 0.1) is 0 Å². The van der Waals surface area contributed by atoms with E-state index in [0.717, 1.165) is 13.0 Å². The van der Waals surface area contributed by atoms with Crippen molar-refractivity contribution in [3.63, 3.8) is 0 Å². The zero-order valence-corrected chi connectivity index (χ0v) is 9.94. The van der Waals surface area contributed by atoms with Gasteiger partial charge in [-0.2, -0.15) is 11.3 Å². The van der Waals surface area contributed by atoms with Crippen LogP contribution in [0.4, 0.5) is 0 Å². The van der Waals surface area contributed by atoms with E-state index in [1.807, 2.05) is 6.08 Å². The predicted octanol–water partition coefficient (Wildman–Crippen LogP) is 3.06. The molecule has 1 aromatic rings. The first-order valence-corrected chi connectivity index (χ1v) is 6.26. The molecule has 0 spiro atoms. The van der Waals surface area contributed by atoms with Crippen molar-refractivity contribution in [2.45, 2.75) is 19.4 Å². The fourth-order valence-corrected chi connectivity index (χ4v) is 2.06. The highest BCUT2D eigenvalue weighted by Gasteiger charge is 2.01. The Labute approximate surface area is 94.8 Å². The molecular formula is C11H16ClNS. The number of halogens is 1. The first-order valence-electron chi connectivity index (χ1n) is 4.78. The number of rotatable bonds is 6. The lowest BCUT2D eigenvalue weighted by Gasteiger charge is -2.10. The smallest absolute Gasteiger partial charge is 0.0404 e. The van der Waals surface area contributed by atoms with Crippen LogP contribution in [0.1, 0.15) is 12.5 Å². The highest BCUT2D eigenvalue weighted by atomic mass is 35.5. The summed E-state index contributed by atoms with van der Waals surface area (Å²) in [7, 11) is 0. The van der Waals surface area contributed by atoms with Gasteiger partial charge in [-0.05, 0) is 35.7 Å². The van der Waals surface area contributed by atoms with Gasteiger partial charge in [-0.1, -0.05) is 12.2 Å². The van der Waals surface area contributed by atoms with E-state index >= 15 is 0 Å². The lowest BCUT2D eigenvalue weighted by Crippen LogP contribution is -2.27. The summed E-state index contributed by atoms with van der Waals surface area (Å²) in [6.07, 6.45) is 5.13. The molecule has 3 heteroatoms. The molecule has 0 radical (unpaired) electrons. The van der Waals surface area contributed by atoms with Gasteiger partial charge in [-0.3, -0.25) is 0 Å². The minimum absolute atomic E-state index is 0.518. The third-order valence-corrected chi connectivity index (χ3v) is 2.87. The van der Waals surface area contributed by atoms with Crippen LogP contribution in [-0.4, -0.2) is 18.5 Å². The Hall–Kier alpha value is -0.310. The molecule has 0 amide bonds. The van der Waals surface area contributed by atoms with Gasteiger partial charge in [0.05, 0.1) is 0 Å². The number of alkyl halides is 1. The van der Waals surface area contributed by atoms with Gasteiger partial charge in [-0.25, -0.2) is 0 Å². The fourth-order valence-electron chi connectivity index (χ4n) is 1.25. The summed E-state index contributed by atoms with van der Waals surface area (Å²) in [5.74, 6) is 0.598. The third-order valence-electron chi connectivity index (χ3n) is 1.96. The monoisotopic (exact) mass is 229 g/mol. The van der Waals surface area contributed by atoms with Gasteiger partial charge in [0.25, 0.3) is 0 Å². The highest BCUT2D eigenvalue weighted by molar-refractivity contribution is 7.07. The molecule has 0 aliphatic carbocycles. The molecule has 0 saturated carbocycles. The van der Waals surface area contributed by atoms with Crippen molar-refractivity contribution in [2.75, 3.05) is 12.4 Å². The van der Waals surface area contributed by atoms with Gasteiger partial charge in [0.1, 0.15) is 0 Å². The summed E-state index contributed by atoms with van der Waals surface area (Å²) in [6.45, 7) is 3.10. The summed E-state index contributed by atoms with van der Waals surface area (Å²) >= 11 is 7.27. The van der Waals surface area contributed by atoms with Crippen LogP contribution in [-0.2, 0) is 6.42 Å². The van der Waals surface area contributed by atoms with Crippen molar-refractivity contribution < 1.29 is 0 Å². The van der Waals surface area contributed by atoms with Gasteiger partial charge < -0.3 is 5.32 Å². The Morgan fingerprint density at radius 3 is 3.07 bits per heavy atom. The molecule has 0 saturated heterocycles. The largest absolute Gasteiger partial charge is 0.310 e. The molecule has 1 rings (SSSR count). The van der Waals surface area contributed by atoms with Crippen molar-refractivity contribution in [3.8, 4) is 0 Å². The van der Waals surface area contributed by atoms with Crippen LogP contribution in [0.25, 0.3) is 0 Å². The Morgan fingerprint density at radius 2 is 2.43 bits per heavy atom. The van der Waals surface area contributed by atoms with Gasteiger partial charge in [-0.15, -0.1) is 11.6 Å².